The molecule has 0 aliphatic rings. The SMILES string of the molecule is COC(=O)C(CN)NC(=O)c1c(F)cccc1Cl. The molecule has 0 radical (unpaired) electrons. The molecule has 5 nitrogen and oxygen atoms in total. The van der Waals surface area contributed by atoms with E-state index in [9.17, 15) is 14.0 Å². The Labute approximate surface area is 108 Å². The summed E-state index contributed by atoms with van der Waals surface area (Å²) in [7, 11) is 1.16. The molecule has 1 amide bonds. The van der Waals surface area contributed by atoms with Gasteiger partial charge in [-0.05, 0) is 12.1 Å². The summed E-state index contributed by atoms with van der Waals surface area (Å²) in [6, 6.07) is 2.79. The number of methoxy groups -OCH3 is 1. The van der Waals surface area contributed by atoms with Crippen LogP contribution in [0.4, 0.5) is 4.39 Å². The molecule has 3 N–H and O–H groups in total. The van der Waals surface area contributed by atoms with E-state index in [0.29, 0.717) is 0 Å². The summed E-state index contributed by atoms with van der Waals surface area (Å²) in [4.78, 5) is 23.0. The van der Waals surface area contributed by atoms with Gasteiger partial charge in [0, 0.05) is 6.54 Å². The summed E-state index contributed by atoms with van der Waals surface area (Å²) in [5.74, 6) is -2.31. The number of ether oxygens (including phenoxy) is 1. The zero-order chi connectivity index (χ0) is 13.7. The first-order valence-electron chi connectivity index (χ1n) is 5.04. The van der Waals surface area contributed by atoms with Gasteiger partial charge in [0.15, 0.2) is 0 Å². The molecule has 1 atom stereocenters. The molecule has 0 aliphatic carbocycles. The van der Waals surface area contributed by atoms with Gasteiger partial charge in [0.05, 0.1) is 17.7 Å². The second kappa shape index (κ2) is 6.32. The van der Waals surface area contributed by atoms with E-state index in [1.807, 2.05) is 0 Å². The van der Waals surface area contributed by atoms with E-state index in [0.717, 1.165) is 13.2 Å². The van der Waals surface area contributed by atoms with Crippen LogP contribution in [0.2, 0.25) is 5.02 Å². The van der Waals surface area contributed by atoms with Gasteiger partial charge in [-0.25, -0.2) is 9.18 Å². The molecule has 98 valence electrons. The van der Waals surface area contributed by atoms with Crippen LogP contribution in [0.25, 0.3) is 0 Å². The van der Waals surface area contributed by atoms with Crippen LogP contribution in [0.5, 0.6) is 0 Å². The van der Waals surface area contributed by atoms with Crippen molar-refractivity contribution in [2.75, 3.05) is 13.7 Å². The number of nitrogens with two attached hydrogens (primary N) is 1. The van der Waals surface area contributed by atoms with Crippen molar-refractivity contribution < 1.29 is 18.7 Å². The van der Waals surface area contributed by atoms with Gasteiger partial charge in [0.1, 0.15) is 11.9 Å². The molecule has 7 heteroatoms. The lowest BCUT2D eigenvalue weighted by molar-refractivity contribution is -0.142. The number of hydrogen-bond acceptors (Lipinski definition) is 4. The summed E-state index contributed by atoms with van der Waals surface area (Å²) >= 11 is 5.72. The third kappa shape index (κ3) is 3.18. The van der Waals surface area contributed by atoms with Gasteiger partial charge in [-0.2, -0.15) is 0 Å². The van der Waals surface area contributed by atoms with Crippen molar-refractivity contribution >= 4 is 23.5 Å². The van der Waals surface area contributed by atoms with Gasteiger partial charge in [0.25, 0.3) is 5.91 Å². The minimum Gasteiger partial charge on any atom is -0.467 e. The van der Waals surface area contributed by atoms with Crippen LogP contribution in [-0.4, -0.2) is 31.6 Å². The molecule has 1 rings (SSSR count). The van der Waals surface area contributed by atoms with Gasteiger partial charge in [0.2, 0.25) is 0 Å². The molecule has 0 bridgehead atoms. The zero-order valence-electron chi connectivity index (χ0n) is 9.57. The number of benzene rings is 1. The summed E-state index contributed by atoms with van der Waals surface area (Å²) in [5, 5.41) is 2.20. The van der Waals surface area contributed by atoms with Crippen LogP contribution in [0.15, 0.2) is 18.2 Å². The van der Waals surface area contributed by atoms with Gasteiger partial charge < -0.3 is 15.8 Å². The van der Waals surface area contributed by atoms with Gasteiger partial charge in [-0.1, -0.05) is 17.7 Å². The van der Waals surface area contributed by atoms with Crippen LogP contribution >= 0.6 is 11.6 Å². The summed E-state index contributed by atoms with van der Waals surface area (Å²) in [6.07, 6.45) is 0. The fraction of sp³-hybridized carbons (Fsp3) is 0.273. The van der Waals surface area contributed by atoms with E-state index < -0.39 is 23.7 Å². The summed E-state index contributed by atoms with van der Waals surface area (Å²) < 4.78 is 17.9. The highest BCUT2D eigenvalue weighted by Crippen LogP contribution is 2.18. The lowest BCUT2D eigenvalue weighted by Gasteiger charge is -2.15. The highest BCUT2D eigenvalue weighted by molar-refractivity contribution is 6.33. The second-order valence-corrected chi connectivity index (χ2v) is 3.79. The Morgan fingerprint density at radius 2 is 2.22 bits per heavy atom. The Morgan fingerprint density at radius 3 is 2.72 bits per heavy atom. The fourth-order valence-corrected chi connectivity index (χ4v) is 1.55. The Morgan fingerprint density at radius 1 is 1.56 bits per heavy atom. The zero-order valence-corrected chi connectivity index (χ0v) is 10.3. The molecule has 0 fully saturated rings. The number of amides is 1. The highest BCUT2D eigenvalue weighted by Gasteiger charge is 2.23. The first-order chi connectivity index (χ1) is 8.51. The van der Waals surface area contributed by atoms with Crippen LogP contribution in [0.1, 0.15) is 10.4 Å². The maximum absolute atomic E-state index is 13.4. The topological polar surface area (TPSA) is 81.4 Å². The lowest BCUT2D eigenvalue weighted by Crippen LogP contribution is -2.46. The van der Waals surface area contributed by atoms with E-state index in [4.69, 9.17) is 17.3 Å². The van der Waals surface area contributed by atoms with Gasteiger partial charge >= 0.3 is 5.97 Å². The number of halogens is 2. The first-order valence-corrected chi connectivity index (χ1v) is 5.41. The van der Waals surface area contributed by atoms with Crippen molar-refractivity contribution in [3.63, 3.8) is 0 Å². The quantitative estimate of drug-likeness (QED) is 0.792. The van der Waals surface area contributed by atoms with Crippen molar-refractivity contribution in [3.05, 3.63) is 34.6 Å². The highest BCUT2D eigenvalue weighted by atomic mass is 35.5. The molecule has 1 unspecified atom stereocenters. The average molecular weight is 275 g/mol. The monoisotopic (exact) mass is 274 g/mol. The third-order valence-corrected chi connectivity index (χ3v) is 2.53. The Balaban J connectivity index is 2.91. The molecule has 0 saturated heterocycles. The average Bonchev–Trinajstić information content (AvgIpc) is 2.34. The van der Waals surface area contributed by atoms with E-state index >= 15 is 0 Å². The molecular formula is C11H12ClFN2O3. The smallest absolute Gasteiger partial charge is 0.329 e. The molecule has 0 heterocycles. The van der Waals surface area contributed by atoms with E-state index in [2.05, 4.69) is 10.1 Å². The minimum atomic E-state index is -1.04. The minimum absolute atomic E-state index is 0.0480. The van der Waals surface area contributed by atoms with Crippen molar-refractivity contribution in [1.82, 2.24) is 5.32 Å². The van der Waals surface area contributed by atoms with Crippen LogP contribution in [-0.2, 0) is 9.53 Å². The molecule has 0 aliphatic heterocycles. The lowest BCUT2D eigenvalue weighted by atomic mass is 10.1. The van der Waals surface area contributed by atoms with Crippen LogP contribution in [0.3, 0.4) is 0 Å². The fourth-order valence-electron chi connectivity index (χ4n) is 1.30. The van der Waals surface area contributed by atoms with E-state index in [1.54, 1.807) is 0 Å². The second-order valence-electron chi connectivity index (χ2n) is 3.38. The van der Waals surface area contributed by atoms with Gasteiger partial charge in [-0.15, -0.1) is 0 Å². The number of esters is 1. The van der Waals surface area contributed by atoms with Gasteiger partial charge in [-0.3, -0.25) is 4.79 Å². The largest absolute Gasteiger partial charge is 0.467 e. The van der Waals surface area contributed by atoms with Crippen molar-refractivity contribution in [2.24, 2.45) is 5.73 Å². The first kappa shape index (κ1) is 14.4. The van der Waals surface area contributed by atoms with Crippen molar-refractivity contribution in [3.8, 4) is 0 Å². The summed E-state index contributed by atoms with van der Waals surface area (Å²) in [5.41, 5.74) is 4.98. The predicted octanol–water partition coefficient (Wildman–Crippen LogP) is 0.709. The van der Waals surface area contributed by atoms with Crippen LogP contribution in [0, 0.1) is 5.82 Å². The Kier molecular flexibility index (Phi) is 5.06. The molecule has 0 aromatic heterocycles. The van der Waals surface area contributed by atoms with Crippen molar-refractivity contribution in [2.45, 2.75) is 6.04 Å². The maximum atomic E-state index is 13.4. The molecule has 1 aromatic rings. The number of nitrogens with one attached hydrogen (secondary N) is 1. The van der Waals surface area contributed by atoms with Crippen molar-refractivity contribution in [1.29, 1.82) is 0 Å². The maximum Gasteiger partial charge on any atom is 0.329 e. The number of carbonyl (C=O) groups excluding carboxylic acids is 2. The molecular weight excluding hydrogens is 263 g/mol. The van der Waals surface area contributed by atoms with E-state index in [-0.39, 0.29) is 17.1 Å². The third-order valence-electron chi connectivity index (χ3n) is 2.22. The van der Waals surface area contributed by atoms with Crippen LogP contribution < -0.4 is 11.1 Å². The molecule has 1 aromatic carbocycles. The Hall–Kier alpha value is -1.66. The number of rotatable bonds is 4. The number of carbonyl (C=O) groups is 2. The summed E-state index contributed by atoms with van der Waals surface area (Å²) in [6.45, 7) is -0.162. The van der Waals surface area contributed by atoms with E-state index in [1.165, 1.54) is 12.1 Å². The molecule has 0 spiro atoms. The Bertz CT molecular complexity index is 447. The standard InChI is InChI=1S/C11H12ClFN2O3/c1-18-11(17)8(5-14)15-10(16)9-6(12)3-2-4-7(9)13/h2-4,8H,5,14H2,1H3,(H,15,16). The normalized spacial score (nSPS) is 11.8. The predicted molar refractivity (Wildman–Crippen MR) is 63.7 cm³/mol. The molecule has 0 saturated carbocycles. The molecule has 18 heavy (non-hydrogen) atoms. The number of hydrogen-bond donors (Lipinski definition) is 2.